The van der Waals surface area contributed by atoms with E-state index < -0.39 is 111 Å². The third-order valence-corrected chi connectivity index (χ3v) is 14.5. The quantitative estimate of drug-likeness (QED) is 0.0453. The van der Waals surface area contributed by atoms with Crippen LogP contribution in [-0.4, -0.2) is 341 Å². The Hall–Kier alpha value is -3.65. The molecule has 10 aliphatic heterocycles. The van der Waals surface area contributed by atoms with Crippen molar-refractivity contribution in [3.05, 3.63) is 0 Å². The summed E-state index contributed by atoms with van der Waals surface area (Å²) in [5.74, 6) is -1.64. The molecule has 10 aliphatic rings. The standard InChI is InChI=1S/4C10H16O6.C7H14O3.2C5H10O4/c4*1-2-13-8(12)3-9-15-5-7-10(16-9)6(11)4-14-7;1-4-10-7(8)5-6(2)9-3;2*6-1-4-5(8)3(7)2-9-4/h4*6-7,9-11H,2-5H2,1H3;6H,4-5H2,1-3H3;2*3-8H,1-2H2/t2*6-,7+,9+,10+;2*6-,7+,9-,10+;;2*3-,4+,5+/m1010.10/s1. The molecule has 10 saturated heterocycles. The molecule has 10 N–H and O–H groups in total. The van der Waals surface area contributed by atoms with Crippen LogP contribution in [0.5, 0.6) is 0 Å². The first-order valence-electron chi connectivity index (χ1n) is 30.8. The second-order valence-corrected chi connectivity index (χ2v) is 21.5. The number of rotatable bonds is 18. The number of carbonyl (C=O) groups excluding carboxylic acids is 5. The first-order chi connectivity index (χ1) is 44.0. The van der Waals surface area contributed by atoms with E-state index in [0.717, 1.165) is 0 Å². The van der Waals surface area contributed by atoms with Crippen molar-refractivity contribution in [1.82, 2.24) is 0 Å². The molecule has 0 saturated carbocycles. The zero-order valence-electron chi connectivity index (χ0n) is 53.0. The van der Waals surface area contributed by atoms with Gasteiger partial charge in [0.2, 0.25) is 0 Å². The molecule has 35 heteroatoms. The van der Waals surface area contributed by atoms with Crippen molar-refractivity contribution < 1.29 is 170 Å². The fourth-order valence-corrected chi connectivity index (χ4v) is 9.64. The Kier molecular flexibility index (Phi) is 38.2. The normalized spacial score (nSPS) is 36.4. The van der Waals surface area contributed by atoms with Crippen LogP contribution in [0.3, 0.4) is 0 Å². The van der Waals surface area contributed by atoms with E-state index in [0.29, 0.717) is 65.9 Å². The van der Waals surface area contributed by atoms with Crippen molar-refractivity contribution in [1.29, 1.82) is 0 Å². The Morgan fingerprint density at radius 3 is 0.793 bits per heavy atom. The minimum Gasteiger partial charge on any atom is -0.466 e. The number of esters is 5. The lowest BCUT2D eigenvalue weighted by Gasteiger charge is -2.32. The molecular formula is C57H98O35. The lowest BCUT2D eigenvalue weighted by molar-refractivity contribution is -0.250. The number of fused-ring (bicyclic) bond motifs is 4. The second-order valence-electron chi connectivity index (χ2n) is 21.5. The zero-order valence-corrected chi connectivity index (χ0v) is 53.0. The van der Waals surface area contributed by atoms with E-state index >= 15 is 0 Å². The molecule has 0 aromatic carbocycles. The van der Waals surface area contributed by atoms with Crippen LogP contribution in [0.1, 0.15) is 73.6 Å². The summed E-state index contributed by atoms with van der Waals surface area (Å²) in [4.78, 5) is 55.5. The maximum absolute atomic E-state index is 11.2. The molecule has 10 rings (SSSR count). The Balaban J connectivity index is 0.000000232. The van der Waals surface area contributed by atoms with Gasteiger partial charge in [0.15, 0.2) is 25.2 Å². The number of methoxy groups -OCH3 is 1. The Morgan fingerprint density at radius 1 is 0.359 bits per heavy atom. The van der Waals surface area contributed by atoms with Gasteiger partial charge in [0.25, 0.3) is 0 Å². The van der Waals surface area contributed by atoms with Crippen LogP contribution < -0.4 is 0 Å². The van der Waals surface area contributed by atoms with Gasteiger partial charge in [-0.15, -0.1) is 0 Å². The molecule has 23 atom stereocenters. The monoisotopic (exact) mass is 1340 g/mol. The lowest BCUT2D eigenvalue weighted by Crippen LogP contribution is -2.46. The average molecular weight is 1340 g/mol. The van der Waals surface area contributed by atoms with E-state index in [1.54, 1.807) is 41.7 Å². The van der Waals surface area contributed by atoms with Crippen molar-refractivity contribution >= 4 is 29.8 Å². The summed E-state index contributed by atoms with van der Waals surface area (Å²) in [6.07, 6.45) is -11.8. The van der Waals surface area contributed by atoms with E-state index in [4.69, 9.17) is 125 Å². The van der Waals surface area contributed by atoms with Crippen LogP contribution in [-0.2, 0) is 119 Å². The first kappa shape index (κ1) is 80.8. The van der Waals surface area contributed by atoms with Crippen LogP contribution in [0.15, 0.2) is 0 Å². The van der Waals surface area contributed by atoms with Gasteiger partial charge in [0.05, 0.1) is 151 Å². The number of hydrogen-bond acceptors (Lipinski definition) is 35. The summed E-state index contributed by atoms with van der Waals surface area (Å²) < 4.78 is 102. The van der Waals surface area contributed by atoms with Gasteiger partial charge in [-0.1, -0.05) is 0 Å². The van der Waals surface area contributed by atoms with Gasteiger partial charge in [0.1, 0.15) is 110 Å². The smallest absolute Gasteiger partial charge is 0.310 e. The van der Waals surface area contributed by atoms with E-state index in [1.165, 1.54) is 0 Å². The molecule has 0 bridgehead atoms. The largest absolute Gasteiger partial charge is 0.466 e. The highest BCUT2D eigenvalue weighted by Gasteiger charge is 2.47. The summed E-state index contributed by atoms with van der Waals surface area (Å²) in [5, 5.41) is 90.6. The van der Waals surface area contributed by atoms with Crippen molar-refractivity contribution in [2.75, 3.05) is 119 Å². The molecule has 92 heavy (non-hydrogen) atoms. The lowest BCUT2D eigenvalue weighted by atomic mass is 10.1. The maximum atomic E-state index is 11.2. The Labute approximate surface area is 532 Å². The third-order valence-electron chi connectivity index (χ3n) is 14.5. The Bertz CT molecular complexity index is 1850. The third kappa shape index (κ3) is 27.5. The molecule has 0 aromatic heterocycles. The van der Waals surface area contributed by atoms with E-state index in [-0.39, 0.29) is 139 Å². The van der Waals surface area contributed by atoms with E-state index in [9.17, 15) is 44.4 Å². The minimum absolute atomic E-state index is 0.0425. The van der Waals surface area contributed by atoms with Gasteiger partial charge in [-0.05, 0) is 41.5 Å². The van der Waals surface area contributed by atoms with Crippen molar-refractivity contribution in [2.45, 2.75) is 215 Å². The molecule has 0 radical (unpaired) electrons. The molecule has 0 amide bonds. The number of aliphatic hydroxyl groups excluding tert-OH is 10. The highest BCUT2D eigenvalue weighted by atomic mass is 16.8. The summed E-state index contributed by atoms with van der Waals surface area (Å²) in [6, 6.07) is 0. The van der Waals surface area contributed by atoms with Gasteiger partial charge < -0.3 is 146 Å². The second kappa shape index (κ2) is 43.5. The predicted octanol–water partition coefficient (Wildman–Crippen LogP) is -5.06. The van der Waals surface area contributed by atoms with Crippen LogP contribution in [0, 0.1) is 0 Å². The minimum atomic E-state index is -0.921. The molecule has 0 aliphatic carbocycles. The highest BCUT2D eigenvalue weighted by molar-refractivity contribution is 5.71. The maximum Gasteiger partial charge on any atom is 0.310 e. The van der Waals surface area contributed by atoms with Gasteiger partial charge >= 0.3 is 29.8 Å². The van der Waals surface area contributed by atoms with Crippen LogP contribution >= 0.6 is 0 Å². The van der Waals surface area contributed by atoms with Crippen molar-refractivity contribution in [2.24, 2.45) is 0 Å². The predicted molar refractivity (Wildman–Crippen MR) is 302 cm³/mol. The fraction of sp³-hybridized carbons (Fsp3) is 0.912. The number of hydrogen-bond donors (Lipinski definition) is 10. The molecule has 536 valence electrons. The number of aliphatic hydroxyl groups is 10. The Morgan fingerprint density at radius 2 is 0.598 bits per heavy atom. The summed E-state index contributed by atoms with van der Waals surface area (Å²) in [7, 11) is 1.57. The van der Waals surface area contributed by atoms with E-state index in [2.05, 4.69) is 0 Å². The SMILES string of the molecule is CCOC(=O)CC(C)OC.CCOC(=O)C[C@@H]1OC[C@@H]2OC[C@@H](O)[C@@H]2O1.CCOC(=O)C[C@@H]1OC[C@H]2OC[C@H](O)[C@H]2O1.CCOC(=O)C[C@H]1OC[C@@H]2OC[C@@H](O)[C@@H]2O1.CCOC(=O)C[C@H]1OC[C@H]2OC[C@H](O)[C@H]2O1.OC[C@@H]1OC[C@@H](O)[C@@H]1O.OC[C@H]1OC[C@H](O)[C@H]1O. The first-order valence-corrected chi connectivity index (χ1v) is 30.8. The van der Waals surface area contributed by atoms with Crippen LogP contribution in [0.2, 0.25) is 0 Å². The van der Waals surface area contributed by atoms with Crippen molar-refractivity contribution in [3.63, 3.8) is 0 Å². The average Bonchev–Trinajstić information content (AvgIpc) is 2.12. The topological polar surface area (TPSA) is 472 Å². The zero-order chi connectivity index (χ0) is 67.9. The molecule has 35 nitrogen and oxygen atoms in total. The van der Waals surface area contributed by atoms with Gasteiger partial charge in [-0.25, -0.2) is 0 Å². The van der Waals surface area contributed by atoms with Crippen molar-refractivity contribution in [3.8, 4) is 0 Å². The fourth-order valence-electron chi connectivity index (χ4n) is 9.64. The summed E-state index contributed by atoms with van der Waals surface area (Å²) in [5.41, 5.74) is 0. The van der Waals surface area contributed by atoms with Crippen LogP contribution in [0.4, 0.5) is 0 Å². The van der Waals surface area contributed by atoms with Gasteiger partial charge in [-0.2, -0.15) is 0 Å². The van der Waals surface area contributed by atoms with Gasteiger partial charge in [0, 0.05) is 7.11 Å². The number of ether oxygens (including phenoxy) is 20. The summed E-state index contributed by atoms with van der Waals surface area (Å²) in [6.45, 7) is 14.5. The number of carbonyl (C=O) groups is 5. The molecule has 0 spiro atoms. The molecule has 10 fully saturated rings. The van der Waals surface area contributed by atoms with Gasteiger partial charge in [-0.3, -0.25) is 24.0 Å². The molecule has 10 heterocycles. The summed E-state index contributed by atoms with van der Waals surface area (Å²) >= 11 is 0. The highest BCUT2D eigenvalue weighted by Crippen LogP contribution is 2.30. The van der Waals surface area contributed by atoms with E-state index in [1.807, 2.05) is 6.92 Å². The molecule has 1 unspecified atom stereocenters. The van der Waals surface area contributed by atoms with Crippen LogP contribution in [0.25, 0.3) is 0 Å². The molecule has 0 aromatic rings. The molecular weight excluding hydrogens is 1240 g/mol.